The van der Waals surface area contributed by atoms with Gasteiger partial charge >= 0.3 is 0 Å². The maximum atomic E-state index is 5.85. The molecule has 0 saturated heterocycles. The van der Waals surface area contributed by atoms with E-state index < -0.39 is 0 Å². The average Bonchev–Trinajstić information content (AvgIpc) is 2.17. The van der Waals surface area contributed by atoms with Gasteiger partial charge in [-0.2, -0.15) is 0 Å². The summed E-state index contributed by atoms with van der Waals surface area (Å²) in [6.45, 7) is 3.99. The third kappa shape index (κ3) is 1.81. The van der Waals surface area contributed by atoms with E-state index in [1.165, 1.54) is 11.9 Å². The molecule has 2 aromatic rings. The zero-order chi connectivity index (χ0) is 10.8. The second-order valence-electron chi connectivity index (χ2n) is 3.59. The van der Waals surface area contributed by atoms with Crippen LogP contribution in [0.3, 0.4) is 0 Å². The molecule has 1 heterocycles. The molecule has 0 amide bonds. The second-order valence-corrected chi connectivity index (χ2v) is 3.59. The molecule has 0 spiro atoms. The van der Waals surface area contributed by atoms with Gasteiger partial charge in [-0.1, -0.05) is 29.8 Å². The van der Waals surface area contributed by atoms with Gasteiger partial charge in [-0.25, -0.2) is 9.97 Å². The summed E-state index contributed by atoms with van der Waals surface area (Å²) >= 11 is 0. The summed E-state index contributed by atoms with van der Waals surface area (Å²) in [6, 6.07) is 8.17. The molecular formula is C12H13N3. The molecule has 15 heavy (non-hydrogen) atoms. The molecule has 0 bridgehead atoms. The van der Waals surface area contributed by atoms with Crippen molar-refractivity contribution in [2.45, 2.75) is 13.8 Å². The van der Waals surface area contributed by atoms with Crippen LogP contribution in [0.1, 0.15) is 11.3 Å². The van der Waals surface area contributed by atoms with Crippen LogP contribution in [0.25, 0.3) is 11.1 Å². The van der Waals surface area contributed by atoms with Crippen LogP contribution in [0.2, 0.25) is 0 Å². The van der Waals surface area contributed by atoms with E-state index in [1.807, 2.05) is 19.1 Å². The van der Waals surface area contributed by atoms with E-state index in [-0.39, 0.29) is 0 Å². The van der Waals surface area contributed by atoms with Gasteiger partial charge in [0.05, 0.1) is 5.69 Å². The molecule has 0 fully saturated rings. The van der Waals surface area contributed by atoms with E-state index in [2.05, 4.69) is 29.0 Å². The van der Waals surface area contributed by atoms with Crippen LogP contribution in [0.15, 0.2) is 30.6 Å². The van der Waals surface area contributed by atoms with Crippen molar-refractivity contribution in [3.05, 3.63) is 41.9 Å². The third-order valence-electron chi connectivity index (χ3n) is 2.37. The van der Waals surface area contributed by atoms with Crippen LogP contribution in [-0.4, -0.2) is 9.97 Å². The first-order valence-electron chi connectivity index (χ1n) is 4.82. The highest BCUT2D eigenvalue weighted by Crippen LogP contribution is 2.26. The summed E-state index contributed by atoms with van der Waals surface area (Å²) < 4.78 is 0. The van der Waals surface area contributed by atoms with Crippen molar-refractivity contribution in [2.24, 2.45) is 0 Å². The van der Waals surface area contributed by atoms with Crippen molar-refractivity contribution < 1.29 is 0 Å². The van der Waals surface area contributed by atoms with Gasteiger partial charge < -0.3 is 5.73 Å². The van der Waals surface area contributed by atoms with E-state index in [9.17, 15) is 0 Å². The predicted octanol–water partition coefficient (Wildman–Crippen LogP) is 2.34. The van der Waals surface area contributed by atoms with E-state index in [1.54, 1.807) is 0 Å². The zero-order valence-electron chi connectivity index (χ0n) is 8.86. The van der Waals surface area contributed by atoms with Crippen LogP contribution in [0.4, 0.5) is 5.82 Å². The molecule has 76 valence electrons. The van der Waals surface area contributed by atoms with Crippen molar-refractivity contribution in [3.63, 3.8) is 0 Å². The SMILES string of the molecule is Cc1cccc(-c2c(C)ncnc2N)c1. The predicted molar refractivity (Wildman–Crippen MR) is 61.4 cm³/mol. The number of nitrogens with zero attached hydrogens (tertiary/aromatic N) is 2. The van der Waals surface area contributed by atoms with Gasteiger partial charge in [0.1, 0.15) is 12.1 Å². The molecule has 0 aliphatic rings. The zero-order valence-corrected chi connectivity index (χ0v) is 8.86. The van der Waals surface area contributed by atoms with E-state index in [4.69, 9.17) is 5.73 Å². The summed E-state index contributed by atoms with van der Waals surface area (Å²) in [5.74, 6) is 0.535. The molecule has 3 nitrogen and oxygen atoms in total. The number of aryl methyl sites for hydroxylation is 2. The Morgan fingerprint density at radius 2 is 1.93 bits per heavy atom. The maximum Gasteiger partial charge on any atom is 0.134 e. The maximum absolute atomic E-state index is 5.85. The molecule has 1 aromatic heterocycles. The Morgan fingerprint density at radius 1 is 1.13 bits per heavy atom. The molecule has 0 atom stereocenters. The normalized spacial score (nSPS) is 10.3. The Hall–Kier alpha value is -1.90. The summed E-state index contributed by atoms with van der Waals surface area (Å²) in [7, 11) is 0. The summed E-state index contributed by atoms with van der Waals surface area (Å²) in [6.07, 6.45) is 1.49. The average molecular weight is 199 g/mol. The van der Waals surface area contributed by atoms with Crippen molar-refractivity contribution in [1.82, 2.24) is 9.97 Å². The largest absolute Gasteiger partial charge is 0.383 e. The Kier molecular flexibility index (Phi) is 2.37. The number of benzene rings is 1. The van der Waals surface area contributed by atoms with Crippen molar-refractivity contribution in [3.8, 4) is 11.1 Å². The van der Waals surface area contributed by atoms with Gasteiger partial charge in [-0.15, -0.1) is 0 Å². The number of nitrogens with two attached hydrogens (primary N) is 1. The molecule has 0 aliphatic carbocycles. The lowest BCUT2D eigenvalue weighted by molar-refractivity contribution is 1.11. The fourth-order valence-electron chi connectivity index (χ4n) is 1.65. The highest BCUT2D eigenvalue weighted by Gasteiger charge is 2.07. The number of anilines is 1. The minimum Gasteiger partial charge on any atom is -0.383 e. The quantitative estimate of drug-likeness (QED) is 0.767. The molecule has 2 N–H and O–H groups in total. The fourth-order valence-corrected chi connectivity index (χ4v) is 1.65. The minimum atomic E-state index is 0.535. The molecule has 0 saturated carbocycles. The number of hydrogen-bond acceptors (Lipinski definition) is 3. The first kappa shape index (κ1) is 9.65. The van der Waals surface area contributed by atoms with E-state index in [0.29, 0.717) is 5.82 Å². The van der Waals surface area contributed by atoms with Crippen LogP contribution >= 0.6 is 0 Å². The highest BCUT2D eigenvalue weighted by atomic mass is 14.9. The summed E-state index contributed by atoms with van der Waals surface area (Å²) in [5, 5.41) is 0. The third-order valence-corrected chi connectivity index (χ3v) is 2.37. The molecule has 3 heteroatoms. The van der Waals surface area contributed by atoms with Gasteiger partial charge in [0.15, 0.2) is 0 Å². The van der Waals surface area contributed by atoms with Gasteiger partial charge in [0.25, 0.3) is 0 Å². The van der Waals surface area contributed by atoms with E-state index >= 15 is 0 Å². The summed E-state index contributed by atoms with van der Waals surface area (Å²) in [5.41, 5.74) is 9.97. The van der Waals surface area contributed by atoms with Crippen LogP contribution in [0.5, 0.6) is 0 Å². The Balaban J connectivity index is 2.63. The topological polar surface area (TPSA) is 51.8 Å². The van der Waals surface area contributed by atoms with Crippen molar-refractivity contribution in [2.75, 3.05) is 5.73 Å². The Bertz CT molecular complexity index is 472. The highest BCUT2D eigenvalue weighted by molar-refractivity contribution is 5.75. The molecular weight excluding hydrogens is 186 g/mol. The molecule has 0 unspecified atom stereocenters. The number of rotatable bonds is 1. The lowest BCUT2D eigenvalue weighted by atomic mass is 10.0. The van der Waals surface area contributed by atoms with Crippen LogP contribution in [0, 0.1) is 13.8 Å². The van der Waals surface area contributed by atoms with Crippen molar-refractivity contribution >= 4 is 5.82 Å². The van der Waals surface area contributed by atoms with E-state index in [0.717, 1.165) is 16.8 Å². The lowest BCUT2D eigenvalue weighted by Crippen LogP contribution is -1.98. The standard InChI is InChI=1S/C12H13N3/c1-8-4-3-5-10(6-8)11-9(2)14-7-15-12(11)13/h3-7H,1-2H3,(H2,13,14,15). The minimum absolute atomic E-state index is 0.535. The summed E-state index contributed by atoms with van der Waals surface area (Å²) in [4.78, 5) is 8.17. The molecule has 2 rings (SSSR count). The van der Waals surface area contributed by atoms with Crippen LogP contribution in [-0.2, 0) is 0 Å². The van der Waals surface area contributed by atoms with Gasteiger partial charge in [0.2, 0.25) is 0 Å². The Labute approximate surface area is 89.0 Å². The monoisotopic (exact) mass is 199 g/mol. The second kappa shape index (κ2) is 3.69. The molecule has 0 radical (unpaired) electrons. The first-order chi connectivity index (χ1) is 7.18. The molecule has 0 aliphatic heterocycles. The van der Waals surface area contributed by atoms with Gasteiger partial charge in [0, 0.05) is 5.56 Å². The number of aromatic nitrogens is 2. The Morgan fingerprint density at radius 3 is 2.60 bits per heavy atom. The number of hydrogen-bond donors (Lipinski definition) is 1. The molecule has 1 aromatic carbocycles. The lowest BCUT2D eigenvalue weighted by Gasteiger charge is -2.07. The first-order valence-corrected chi connectivity index (χ1v) is 4.82. The van der Waals surface area contributed by atoms with Gasteiger partial charge in [-0.05, 0) is 19.4 Å². The smallest absolute Gasteiger partial charge is 0.134 e. The number of nitrogen functional groups attached to an aromatic ring is 1. The fraction of sp³-hybridized carbons (Fsp3) is 0.167. The van der Waals surface area contributed by atoms with Crippen LogP contribution < -0.4 is 5.73 Å². The van der Waals surface area contributed by atoms with Crippen molar-refractivity contribution in [1.29, 1.82) is 0 Å². The van der Waals surface area contributed by atoms with Gasteiger partial charge in [-0.3, -0.25) is 0 Å².